The normalized spacial score (nSPS) is 11.6. The molecule has 9 rings (SSSR count). The highest BCUT2D eigenvalue weighted by atomic mass is 14.2. The second-order valence-corrected chi connectivity index (χ2v) is 11.6. The molecule has 0 aliphatic rings. The molecule has 0 saturated carbocycles. The van der Waals surface area contributed by atoms with E-state index in [1.807, 2.05) is 24.3 Å². The predicted molar refractivity (Wildman–Crippen MR) is 187 cm³/mol. The second kappa shape index (κ2) is 9.53. The van der Waals surface area contributed by atoms with E-state index in [1.54, 1.807) is 0 Å². The minimum atomic E-state index is 0.674. The maximum absolute atomic E-state index is 9.25. The summed E-state index contributed by atoms with van der Waals surface area (Å²) in [6.07, 6.45) is 0. The lowest BCUT2D eigenvalue weighted by Gasteiger charge is -2.18. The molecular weight excluding hydrogens is 530 g/mol. The molecule has 0 atom stereocenters. The molecule has 9 aromatic rings. The Balaban J connectivity index is 1.39. The van der Waals surface area contributed by atoms with E-state index in [1.165, 1.54) is 75.8 Å². The summed E-state index contributed by atoms with van der Waals surface area (Å²) in [4.78, 5) is 0. The van der Waals surface area contributed by atoms with Gasteiger partial charge in [-0.2, -0.15) is 5.26 Å². The van der Waals surface area contributed by atoms with Crippen molar-refractivity contribution in [2.24, 2.45) is 0 Å². The van der Waals surface area contributed by atoms with Crippen molar-refractivity contribution in [2.75, 3.05) is 0 Å². The zero-order valence-electron chi connectivity index (χ0n) is 23.9. The summed E-state index contributed by atoms with van der Waals surface area (Å²) in [6.45, 7) is 0. The number of hydrogen-bond donors (Lipinski definition) is 0. The van der Waals surface area contributed by atoms with E-state index in [0.29, 0.717) is 5.56 Å². The summed E-state index contributed by atoms with van der Waals surface area (Å²) < 4.78 is 0. The Morgan fingerprint density at radius 3 is 1.43 bits per heavy atom. The van der Waals surface area contributed by atoms with Gasteiger partial charge in [0.1, 0.15) is 0 Å². The van der Waals surface area contributed by atoms with E-state index in [-0.39, 0.29) is 0 Å². The van der Waals surface area contributed by atoms with Gasteiger partial charge in [-0.05, 0) is 117 Å². The molecule has 0 bridgehead atoms. The molecule has 1 heteroatoms. The fraction of sp³-hybridized carbons (Fsp3) is 0. The molecule has 0 amide bonds. The lowest BCUT2D eigenvalue weighted by atomic mass is 9.85. The van der Waals surface area contributed by atoms with Crippen LogP contribution in [0.3, 0.4) is 0 Å². The minimum Gasteiger partial charge on any atom is -0.192 e. The van der Waals surface area contributed by atoms with Crippen LogP contribution in [0.15, 0.2) is 152 Å². The highest BCUT2D eigenvalue weighted by Crippen LogP contribution is 2.45. The van der Waals surface area contributed by atoms with Crippen LogP contribution < -0.4 is 0 Å². The van der Waals surface area contributed by atoms with E-state index < -0.39 is 0 Å². The summed E-state index contributed by atoms with van der Waals surface area (Å²) >= 11 is 0. The molecule has 44 heavy (non-hydrogen) atoms. The van der Waals surface area contributed by atoms with Crippen molar-refractivity contribution in [3.8, 4) is 28.3 Å². The first-order valence-electron chi connectivity index (χ1n) is 15.0. The van der Waals surface area contributed by atoms with Crippen molar-refractivity contribution < 1.29 is 0 Å². The monoisotopic (exact) mass is 555 g/mol. The van der Waals surface area contributed by atoms with Crippen molar-refractivity contribution in [3.63, 3.8) is 0 Å². The van der Waals surface area contributed by atoms with Gasteiger partial charge in [0.15, 0.2) is 0 Å². The van der Waals surface area contributed by atoms with Gasteiger partial charge in [-0.3, -0.25) is 0 Å². The quantitative estimate of drug-likeness (QED) is 0.195. The third-order valence-electron chi connectivity index (χ3n) is 9.25. The summed E-state index contributed by atoms with van der Waals surface area (Å²) in [5, 5.41) is 24.5. The van der Waals surface area contributed by atoms with Crippen LogP contribution in [0.25, 0.3) is 86.9 Å². The molecule has 0 aliphatic heterocycles. The lowest BCUT2D eigenvalue weighted by molar-refractivity contribution is 1.48. The van der Waals surface area contributed by atoms with Crippen molar-refractivity contribution in [1.29, 1.82) is 5.26 Å². The molecule has 0 heterocycles. The number of nitriles is 1. The molecule has 9 aromatic carbocycles. The van der Waals surface area contributed by atoms with Crippen LogP contribution >= 0.6 is 0 Å². The van der Waals surface area contributed by atoms with Gasteiger partial charge in [0, 0.05) is 0 Å². The van der Waals surface area contributed by atoms with Crippen LogP contribution in [0.1, 0.15) is 5.56 Å². The van der Waals surface area contributed by atoms with Crippen LogP contribution in [0.2, 0.25) is 0 Å². The smallest absolute Gasteiger partial charge is 0.0991 e. The lowest BCUT2D eigenvalue weighted by Crippen LogP contribution is -1.90. The summed E-state index contributed by atoms with van der Waals surface area (Å²) in [5.41, 5.74) is 5.43. The summed E-state index contributed by atoms with van der Waals surface area (Å²) in [7, 11) is 0. The molecule has 0 N–H and O–H groups in total. The van der Waals surface area contributed by atoms with Crippen LogP contribution in [0.5, 0.6) is 0 Å². The Morgan fingerprint density at radius 1 is 0.341 bits per heavy atom. The van der Waals surface area contributed by atoms with Gasteiger partial charge in [0.25, 0.3) is 0 Å². The van der Waals surface area contributed by atoms with E-state index in [0.717, 1.165) is 11.1 Å². The molecule has 0 saturated heterocycles. The number of hydrogen-bond acceptors (Lipinski definition) is 1. The molecular formula is C43H25N. The van der Waals surface area contributed by atoms with Crippen molar-refractivity contribution in [3.05, 3.63) is 157 Å². The van der Waals surface area contributed by atoms with E-state index in [4.69, 9.17) is 0 Å². The molecule has 0 unspecified atom stereocenters. The molecule has 0 fully saturated rings. The molecule has 1 nitrogen and oxygen atoms in total. The first-order valence-corrected chi connectivity index (χ1v) is 15.0. The molecule has 0 spiro atoms. The van der Waals surface area contributed by atoms with Crippen LogP contribution in [-0.2, 0) is 0 Å². The Morgan fingerprint density at radius 2 is 0.795 bits per heavy atom. The fourth-order valence-electron chi connectivity index (χ4n) is 7.23. The van der Waals surface area contributed by atoms with Gasteiger partial charge >= 0.3 is 0 Å². The van der Waals surface area contributed by atoms with Gasteiger partial charge in [0.05, 0.1) is 11.6 Å². The van der Waals surface area contributed by atoms with Crippen LogP contribution in [-0.4, -0.2) is 0 Å². The Kier molecular flexibility index (Phi) is 5.33. The largest absolute Gasteiger partial charge is 0.192 e. The maximum atomic E-state index is 9.25. The number of benzene rings is 9. The predicted octanol–water partition coefficient (Wildman–Crippen LogP) is 11.8. The standard InChI is InChI=1S/C43H25N/c44-26-27-17-19-28(20-18-27)29-21-22-30-24-40(34-12-3-2-11-33(34)39(30)23-29)41-25-42-35-13-4-1-9-31(35)32-10-5-7-15-37(32)43(42)38-16-8-6-14-36(38)41/h1-25H. The second-order valence-electron chi connectivity index (χ2n) is 11.6. The fourth-order valence-corrected chi connectivity index (χ4v) is 7.23. The maximum Gasteiger partial charge on any atom is 0.0991 e. The highest BCUT2D eigenvalue weighted by Gasteiger charge is 2.17. The Bertz CT molecular complexity index is 2650. The zero-order valence-corrected chi connectivity index (χ0v) is 23.9. The molecule has 0 radical (unpaired) electrons. The SMILES string of the molecule is N#Cc1ccc(-c2ccc3cc(-c4cc5c6ccccc6c6ccccc6c5c5ccccc45)c4ccccc4c3c2)cc1. The Labute approximate surface area is 254 Å². The van der Waals surface area contributed by atoms with Gasteiger partial charge < -0.3 is 0 Å². The third-order valence-corrected chi connectivity index (χ3v) is 9.25. The molecule has 202 valence electrons. The highest BCUT2D eigenvalue weighted by molar-refractivity contribution is 6.33. The summed E-state index contributed by atoms with van der Waals surface area (Å²) in [5.74, 6) is 0. The van der Waals surface area contributed by atoms with E-state index in [9.17, 15) is 5.26 Å². The van der Waals surface area contributed by atoms with Crippen molar-refractivity contribution >= 4 is 64.6 Å². The van der Waals surface area contributed by atoms with E-state index in [2.05, 4.69) is 133 Å². The third kappa shape index (κ3) is 3.59. The van der Waals surface area contributed by atoms with Crippen LogP contribution in [0, 0.1) is 11.3 Å². The zero-order chi connectivity index (χ0) is 29.2. The first kappa shape index (κ1) is 24.6. The van der Waals surface area contributed by atoms with Gasteiger partial charge in [-0.1, -0.05) is 121 Å². The topological polar surface area (TPSA) is 23.8 Å². The summed E-state index contributed by atoms with van der Waals surface area (Å²) in [6, 6.07) is 56.9. The van der Waals surface area contributed by atoms with Gasteiger partial charge in [-0.25, -0.2) is 0 Å². The first-order chi connectivity index (χ1) is 21.8. The Hall–Kier alpha value is -5.97. The van der Waals surface area contributed by atoms with Crippen molar-refractivity contribution in [2.45, 2.75) is 0 Å². The number of nitrogens with zero attached hydrogens (tertiary/aromatic N) is 1. The average molecular weight is 556 g/mol. The van der Waals surface area contributed by atoms with Crippen molar-refractivity contribution in [1.82, 2.24) is 0 Å². The minimum absolute atomic E-state index is 0.674. The molecule has 0 aliphatic carbocycles. The van der Waals surface area contributed by atoms with Gasteiger partial charge in [0.2, 0.25) is 0 Å². The van der Waals surface area contributed by atoms with E-state index >= 15 is 0 Å². The molecule has 0 aromatic heterocycles. The van der Waals surface area contributed by atoms with Crippen LogP contribution in [0.4, 0.5) is 0 Å². The number of fused-ring (bicyclic) bond motifs is 11. The number of rotatable bonds is 2. The van der Waals surface area contributed by atoms with Gasteiger partial charge in [-0.15, -0.1) is 0 Å². The average Bonchev–Trinajstić information content (AvgIpc) is 3.10.